The minimum atomic E-state index is 0.642. The fraction of sp³-hybridized carbons (Fsp3) is 0.400. The van der Waals surface area contributed by atoms with E-state index in [4.69, 9.17) is 4.74 Å². The fourth-order valence-electron chi connectivity index (χ4n) is 1.57. The Kier molecular flexibility index (Phi) is 3.26. The lowest BCUT2D eigenvalue weighted by atomic mass is 10.1. The van der Waals surface area contributed by atoms with Gasteiger partial charge in [0, 0.05) is 17.8 Å². The van der Waals surface area contributed by atoms with Gasteiger partial charge >= 0.3 is 0 Å². The molecule has 2 rings (SSSR count). The number of hydrogen-bond acceptors (Lipinski definition) is 4. The van der Waals surface area contributed by atoms with Crippen molar-refractivity contribution in [3.63, 3.8) is 0 Å². The molecule has 0 radical (unpaired) electrons. The van der Waals surface area contributed by atoms with Gasteiger partial charge in [-0.3, -0.25) is 4.31 Å². The van der Waals surface area contributed by atoms with Gasteiger partial charge in [-0.25, -0.2) is 0 Å². The first-order valence-electron chi connectivity index (χ1n) is 4.52. The quantitative estimate of drug-likeness (QED) is 0.616. The smallest absolute Gasteiger partial charge is 0.128 e. The lowest BCUT2D eigenvalue weighted by molar-refractivity contribution is 0.211. The van der Waals surface area contributed by atoms with E-state index in [9.17, 15) is 0 Å². The second-order valence-corrected chi connectivity index (χ2v) is 4.82. The average molecular weight is 227 g/mol. The zero-order valence-corrected chi connectivity index (χ0v) is 9.78. The summed E-state index contributed by atoms with van der Waals surface area (Å²) < 4.78 is 7.34. The molecule has 0 saturated carbocycles. The number of thiol groups is 1. The van der Waals surface area contributed by atoms with Gasteiger partial charge in [0.1, 0.15) is 6.73 Å². The normalized spacial score (nSPS) is 15.4. The van der Waals surface area contributed by atoms with Crippen LogP contribution in [0.15, 0.2) is 23.1 Å². The van der Waals surface area contributed by atoms with E-state index in [1.807, 2.05) is 18.0 Å². The first-order chi connectivity index (χ1) is 6.81. The molecule has 0 N–H and O–H groups in total. The molecule has 76 valence electrons. The molecular weight excluding hydrogens is 214 g/mol. The minimum Gasteiger partial charge on any atom is -0.363 e. The van der Waals surface area contributed by atoms with Crippen LogP contribution in [0.4, 0.5) is 5.69 Å². The van der Waals surface area contributed by atoms with E-state index in [-0.39, 0.29) is 0 Å². The Balaban J connectivity index is 2.30. The highest BCUT2D eigenvalue weighted by atomic mass is 32.2. The Morgan fingerprint density at radius 2 is 2.43 bits per heavy atom. The highest BCUT2D eigenvalue weighted by Crippen LogP contribution is 2.33. The van der Waals surface area contributed by atoms with Gasteiger partial charge in [0.25, 0.3) is 0 Å². The molecule has 4 heteroatoms. The molecule has 0 fully saturated rings. The number of rotatable bonds is 2. The summed E-state index contributed by atoms with van der Waals surface area (Å²) in [6, 6.07) is 6.28. The molecule has 14 heavy (non-hydrogen) atoms. The van der Waals surface area contributed by atoms with E-state index in [0.29, 0.717) is 6.73 Å². The Bertz CT molecular complexity index is 330. The van der Waals surface area contributed by atoms with Crippen molar-refractivity contribution in [3.8, 4) is 0 Å². The largest absolute Gasteiger partial charge is 0.363 e. The van der Waals surface area contributed by atoms with Crippen molar-refractivity contribution < 1.29 is 4.74 Å². The maximum Gasteiger partial charge on any atom is 0.128 e. The van der Waals surface area contributed by atoms with Crippen LogP contribution in [0, 0.1) is 0 Å². The van der Waals surface area contributed by atoms with E-state index < -0.39 is 0 Å². The molecule has 1 aliphatic heterocycles. The number of aryl methyl sites for hydroxylation is 1. The van der Waals surface area contributed by atoms with E-state index in [1.54, 1.807) is 7.11 Å². The van der Waals surface area contributed by atoms with Crippen LogP contribution in [-0.2, 0) is 11.2 Å². The second-order valence-electron chi connectivity index (χ2n) is 3.19. The van der Waals surface area contributed by atoms with Crippen molar-refractivity contribution in [2.24, 2.45) is 0 Å². The molecule has 0 saturated heterocycles. The average Bonchev–Trinajstić information content (AvgIpc) is 2.18. The lowest BCUT2D eigenvalue weighted by Gasteiger charge is -2.29. The van der Waals surface area contributed by atoms with E-state index in [2.05, 4.69) is 29.1 Å². The predicted octanol–water partition coefficient (Wildman–Crippen LogP) is 2.59. The molecule has 2 nitrogen and oxygen atoms in total. The van der Waals surface area contributed by atoms with Gasteiger partial charge in [0.15, 0.2) is 0 Å². The van der Waals surface area contributed by atoms with Crippen molar-refractivity contribution >= 4 is 30.3 Å². The zero-order chi connectivity index (χ0) is 9.97. The molecule has 0 unspecified atom stereocenters. The summed E-state index contributed by atoms with van der Waals surface area (Å²) in [6.45, 7) is 0.642. The molecule has 1 aliphatic rings. The van der Waals surface area contributed by atoms with Gasteiger partial charge in [0.05, 0.1) is 5.69 Å². The standard InChI is InChI=1S/C10H13NOS2/c1-12-7-11-10-3-2-9(13)6-8(10)4-5-14-11/h2-3,6,13H,4-5,7H2,1H3. The van der Waals surface area contributed by atoms with Crippen LogP contribution in [0.25, 0.3) is 0 Å². The highest BCUT2D eigenvalue weighted by molar-refractivity contribution is 8.00. The summed E-state index contributed by atoms with van der Waals surface area (Å²) in [6.07, 6.45) is 1.12. The molecule has 0 bridgehead atoms. The molecule has 0 spiro atoms. The van der Waals surface area contributed by atoms with Gasteiger partial charge in [0.2, 0.25) is 0 Å². The van der Waals surface area contributed by atoms with Crippen LogP contribution in [0.1, 0.15) is 5.56 Å². The molecule has 1 aromatic carbocycles. The van der Waals surface area contributed by atoms with Crippen molar-refractivity contribution in [3.05, 3.63) is 23.8 Å². The molecule has 1 aromatic rings. The minimum absolute atomic E-state index is 0.642. The summed E-state index contributed by atoms with van der Waals surface area (Å²) >= 11 is 6.16. The zero-order valence-electron chi connectivity index (χ0n) is 8.06. The van der Waals surface area contributed by atoms with Crippen LogP contribution in [0.2, 0.25) is 0 Å². The Morgan fingerprint density at radius 1 is 1.57 bits per heavy atom. The summed E-state index contributed by atoms with van der Waals surface area (Å²) in [5, 5.41) is 0. The van der Waals surface area contributed by atoms with Crippen LogP contribution >= 0.6 is 24.6 Å². The van der Waals surface area contributed by atoms with E-state index >= 15 is 0 Å². The molecular formula is C10H13NOS2. The van der Waals surface area contributed by atoms with Crippen LogP contribution < -0.4 is 4.31 Å². The van der Waals surface area contributed by atoms with Crippen molar-refractivity contribution in [2.75, 3.05) is 23.9 Å². The third-order valence-corrected chi connectivity index (χ3v) is 3.48. The second kappa shape index (κ2) is 4.47. The van der Waals surface area contributed by atoms with Gasteiger partial charge in [-0.2, -0.15) is 0 Å². The molecule has 0 aliphatic carbocycles. The Morgan fingerprint density at radius 3 is 3.21 bits per heavy atom. The summed E-state index contributed by atoms with van der Waals surface area (Å²) in [5.74, 6) is 1.12. The Hall–Kier alpha value is -0.320. The van der Waals surface area contributed by atoms with Crippen molar-refractivity contribution in [1.82, 2.24) is 0 Å². The maximum absolute atomic E-state index is 5.15. The summed E-state index contributed by atoms with van der Waals surface area (Å²) in [5.41, 5.74) is 2.63. The molecule has 0 amide bonds. The topological polar surface area (TPSA) is 12.5 Å². The van der Waals surface area contributed by atoms with E-state index in [0.717, 1.165) is 17.1 Å². The monoisotopic (exact) mass is 227 g/mol. The highest BCUT2D eigenvalue weighted by Gasteiger charge is 2.16. The molecule has 0 atom stereocenters. The first kappa shape index (κ1) is 10.2. The number of ether oxygens (including phenoxy) is 1. The maximum atomic E-state index is 5.15. The van der Waals surface area contributed by atoms with Gasteiger partial charge < -0.3 is 4.74 Å². The van der Waals surface area contributed by atoms with E-state index in [1.165, 1.54) is 11.3 Å². The van der Waals surface area contributed by atoms with Crippen LogP contribution in [-0.4, -0.2) is 19.6 Å². The SMILES string of the molecule is COCN1SCCc2cc(S)ccc21. The third kappa shape index (κ3) is 2.02. The van der Waals surface area contributed by atoms with Gasteiger partial charge in [-0.15, -0.1) is 12.6 Å². The summed E-state index contributed by atoms with van der Waals surface area (Å²) in [7, 11) is 1.72. The van der Waals surface area contributed by atoms with Crippen LogP contribution in [0.3, 0.4) is 0 Å². The van der Waals surface area contributed by atoms with Crippen molar-refractivity contribution in [2.45, 2.75) is 11.3 Å². The number of fused-ring (bicyclic) bond motifs is 1. The number of methoxy groups -OCH3 is 1. The van der Waals surface area contributed by atoms with Gasteiger partial charge in [-0.1, -0.05) is 0 Å². The number of nitrogens with zero attached hydrogens (tertiary/aromatic N) is 1. The third-order valence-electron chi connectivity index (χ3n) is 2.20. The van der Waals surface area contributed by atoms with Crippen LogP contribution in [0.5, 0.6) is 0 Å². The number of hydrogen-bond donors (Lipinski definition) is 1. The molecule has 0 aromatic heterocycles. The first-order valence-corrected chi connectivity index (χ1v) is 5.91. The van der Waals surface area contributed by atoms with Gasteiger partial charge in [-0.05, 0) is 42.1 Å². The predicted molar refractivity (Wildman–Crippen MR) is 64.2 cm³/mol. The van der Waals surface area contributed by atoms with Crippen molar-refractivity contribution in [1.29, 1.82) is 0 Å². The number of benzene rings is 1. The number of anilines is 1. The Labute approximate surface area is 94.2 Å². The summed E-state index contributed by atoms with van der Waals surface area (Å²) in [4.78, 5) is 1.04. The fourth-order valence-corrected chi connectivity index (χ4v) is 2.83. The lowest BCUT2D eigenvalue weighted by Crippen LogP contribution is -2.23. The molecule has 1 heterocycles.